The molecule has 0 N–H and O–H groups in total. The van der Waals surface area contributed by atoms with Crippen LogP contribution in [0.5, 0.6) is 0 Å². The highest BCUT2D eigenvalue weighted by atomic mass is 28.3. The Morgan fingerprint density at radius 2 is 0.880 bits per heavy atom. The van der Waals surface area contributed by atoms with Crippen LogP contribution in [0.25, 0.3) is 78.3 Å². The molecule has 4 nitrogen and oxygen atoms in total. The van der Waals surface area contributed by atoms with Crippen LogP contribution in [-0.2, 0) is 0 Å². The average Bonchev–Trinajstić information content (AvgIpc) is 3.18. The molecule has 50 heavy (non-hydrogen) atoms. The Balaban J connectivity index is 1.18. The van der Waals surface area contributed by atoms with Gasteiger partial charge in [0.15, 0.2) is 17.5 Å². The molecule has 0 unspecified atom stereocenters. The maximum atomic E-state index is 5.07. The van der Waals surface area contributed by atoms with Crippen molar-refractivity contribution in [2.75, 3.05) is 0 Å². The molecule has 5 heteroatoms. The normalized spacial score (nSPS) is 11.5. The third-order valence-electron chi connectivity index (χ3n) is 9.16. The van der Waals surface area contributed by atoms with Crippen molar-refractivity contribution in [1.82, 2.24) is 19.9 Å². The molecule has 0 aliphatic carbocycles. The molecule has 2 heterocycles. The fourth-order valence-electron chi connectivity index (χ4n) is 6.42. The van der Waals surface area contributed by atoms with Crippen molar-refractivity contribution >= 4 is 24.0 Å². The number of aromatic nitrogens is 4. The summed E-state index contributed by atoms with van der Waals surface area (Å²) in [5.74, 6) is 1.90. The first kappa shape index (κ1) is 31.2. The van der Waals surface area contributed by atoms with Crippen molar-refractivity contribution in [3.05, 3.63) is 164 Å². The van der Waals surface area contributed by atoms with Crippen LogP contribution in [-0.4, -0.2) is 28.0 Å². The van der Waals surface area contributed by atoms with E-state index in [1.54, 1.807) is 0 Å². The smallest absolute Gasteiger partial charge is 0.164 e. The molecule has 0 bridgehead atoms. The summed E-state index contributed by atoms with van der Waals surface area (Å²) >= 11 is 0. The second kappa shape index (κ2) is 13.1. The van der Waals surface area contributed by atoms with Gasteiger partial charge >= 0.3 is 0 Å². The molecule has 0 radical (unpaired) electrons. The van der Waals surface area contributed by atoms with Gasteiger partial charge in [0.25, 0.3) is 0 Å². The van der Waals surface area contributed by atoms with E-state index in [1.165, 1.54) is 27.4 Å². The lowest BCUT2D eigenvalue weighted by atomic mass is 9.95. The molecule has 0 atom stereocenters. The van der Waals surface area contributed by atoms with Gasteiger partial charge in [-0.2, -0.15) is 0 Å². The molecule has 0 saturated carbocycles. The van der Waals surface area contributed by atoms with Gasteiger partial charge in [0.1, 0.15) is 0 Å². The Kier molecular flexibility index (Phi) is 8.19. The molecule has 2 aromatic heterocycles. The van der Waals surface area contributed by atoms with E-state index in [0.29, 0.717) is 17.5 Å². The molecule has 0 aliphatic rings. The first-order valence-corrected chi connectivity index (χ1v) is 20.5. The van der Waals surface area contributed by atoms with Gasteiger partial charge in [-0.1, -0.05) is 152 Å². The number of hydrogen-bond donors (Lipinski definition) is 0. The quantitative estimate of drug-likeness (QED) is 0.160. The van der Waals surface area contributed by atoms with Gasteiger partial charge in [0, 0.05) is 34.5 Å². The standard InChI is InChI=1S/C45H36N4Si/c1-50(2,3)40-22-10-19-37(29-40)35-17-8-15-33(27-35)32-14-7-16-34(26-32)36-18-9-20-38(28-36)44-47-43(31-12-5-4-6-13-31)48-45(49-44)42-23-11-21-39-30-46-25-24-41(39)42/h4-30H,1-3H3. The topological polar surface area (TPSA) is 51.6 Å². The lowest BCUT2D eigenvalue weighted by Gasteiger charge is -2.17. The molecule has 0 amide bonds. The van der Waals surface area contributed by atoms with Gasteiger partial charge in [-0.3, -0.25) is 4.98 Å². The van der Waals surface area contributed by atoms with E-state index in [9.17, 15) is 0 Å². The molecular weight excluding hydrogens is 625 g/mol. The summed E-state index contributed by atoms with van der Waals surface area (Å²) in [6, 6.07) is 53.5. The minimum absolute atomic E-state index is 0.631. The number of benzene rings is 6. The number of pyridine rings is 1. The first-order valence-electron chi connectivity index (χ1n) is 17.0. The van der Waals surface area contributed by atoms with E-state index >= 15 is 0 Å². The van der Waals surface area contributed by atoms with Gasteiger partial charge in [0.05, 0.1) is 8.07 Å². The Hall–Kier alpha value is -6.04. The summed E-state index contributed by atoms with van der Waals surface area (Å²) in [6.45, 7) is 7.19. The van der Waals surface area contributed by atoms with Crippen molar-refractivity contribution in [2.45, 2.75) is 19.6 Å². The summed E-state index contributed by atoms with van der Waals surface area (Å²) in [7, 11) is -1.42. The van der Waals surface area contributed by atoms with Crippen molar-refractivity contribution in [1.29, 1.82) is 0 Å². The fourth-order valence-corrected chi connectivity index (χ4v) is 7.60. The minimum atomic E-state index is -1.42. The van der Waals surface area contributed by atoms with E-state index in [2.05, 4.69) is 134 Å². The third-order valence-corrected chi connectivity index (χ3v) is 11.2. The molecule has 6 aromatic carbocycles. The number of fused-ring (bicyclic) bond motifs is 1. The van der Waals surface area contributed by atoms with Crippen LogP contribution < -0.4 is 5.19 Å². The SMILES string of the molecule is C[Si](C)(C)c1cccc(-c2cccc(-c3cccc(-c4cccc(-c5nc(-c6ccccc6)nc(-c6cccc7cnccc67)n5)c4)c3)c2)c1. The highest BCUT2D eigenvalue weighted by molar-refractivity contribution is 6.88. The van der Waals surface area contributed by atoms with Crippen LogP contribution in [0.15, 0.2) is 164 Å². The molecule has 8 aromatic rings. The predicted molar refractivity (Wildman–Crippen MR) is 211 cm³/mol. The summed E-state index contributed by atoms with van der Waals surface area (Å²) in [5, 5.41) is 3.57. The second-order valence-corrected chi connectivity index (χ2v) is 18.7. The van der Waals surface area contributed by atoms with E-state index in [4.69, 9.17) is 15.0 Å². The Morgan fingerprint density at radius 1 is 0.400 bits per heavy atom. The average molecular weight is 661 g/mol. The molecule has 240 valence electrons. The Bertz CT molecular complexity index is 2480. The van der Waals surface area contributed by atoms with Crippen LogP contribution >= 0.6 is 0 Å². The summed E-state index contributed by atoms with van der Waals surface area (Å²) in [4.78, 5) is 19.4. The van der Waals surface area contributed by atoms with Gasteiger partial charge in [0.2, 0.25) is 0 Å². The first-order chi connectivity index (χ1) is 24.4. The lowest BCUT2D eigenvalue weighted by molar-refractivity contribution is 1.08. The predicted octanol–water partition coefficient (Wildman–Crippen LogP) is 11.0. The zero-order valence-corrected chi connectivity index (χ0v) is 29.4. The third kappa shape index (κ3) is 6.39. The van der Waals surface area contributed by atoms with Crippen LogP contribution in [0.4, 0.5) is 0 Å². The maximum absolute atomic E-state index is 5.07. The Morgan fingerprint density at radius 3 is 1.50 bits per heavy atom. The highest BCUT2D eigenvalue weighted by Gasteiger charge is 2.17. The van der Waals surface area contributed by atoms with Gasteiger partial charge in [-0.25, -0.2) is 15.0 Å². The molecular formula is C45H36N4Si. The summed E-state index contributed by atoms with van der Waals surface area (Å²) in [6.07, 6.45) is 3.69. The van der Waals surface area contributed by atoms with Crippen molar-refractivity contribution in [3.8, 4) is 67.5 Å². The van der Waals surface area contributed by atoms with E-state index in [1.807, 2.05) is 54.9 Å². The molecule has 8 rings (SSSR count). The van der Waals surface area contributed by atoms with Gasteiger partial charge in [-0.05, 0) is 63.0 Å². The minimum Gasteiger partial charge on any atom is -0.264 e. The van der Waals surface area contributed by atoms with E-state index in [0.717, 1.165) is 38.6 Å². The zero-order chi connectivity index (χ0) is 34.1. The molecule has 0 aliphatic heterocycles. The monoisotopic (exact) mass is 660 g/mol. The molecule has 0 fully saturated rings. The van der Waals surface area contributed by atoms with Gasteiger partial charge in [-0.15, -0.1) is 0 Å². The molecule has 0 saturated heterocycles. The fraction of sp³-hybridized carbons (Fsp3) is 0.0667. The number of hydrogen-bond acceptors (Lipinski definition) is 4. The summed E-state index contributed by atoms with van der Waals surface area (Å²) < 4.78 is 0. The van der Waals surface area contributed by atoms with Crippen LogP contribution in [0.3, 0.4) is 0 Å². The Labute approximate surface area is 294 Å². The van der Waals surface area contributed by atoms with Crippen LogP contribution in [0.1, 0.15) is 0 Å². The van der Waals surface area contributed by atoms with E-state index in [-0.39, 0.29) is 0 Å². The van der Waals surface area contributed by atoms with Crippen LogP contribution in [0, 0.1) is 0 Å². The largest absolute Gasteiger partial charge is 0.264 e. The number of nitrogens with zero attached hydrogens (tertiary/aromatic N) is 4. The van der Waals surface area contributed by atoms with Crippen molar-refractivity contribution in [2.24, 2.45) is 0 Å². The second-order valence-electron chi connectivity index (χ2n) is 13.6. The maximum Gasteiger partial charge on any atom is 0.164 e. The van der Waals surface area contributed by atoms with Crippen LogP contribution in [0.2, 0.25) is 19.6 Å². The van der Waals surface area contributed by atoms with E-state index < -0.39 is 8.07 Å². The number of rotatable bonds is 7. The van der Waals surface area contributed by atoms with Gasteiger partial charge < -0.3 is 0 Å². The summed E-state index contributed by atoms with van der Waals surface area (Å²) in [5.41, 5.74) is 9.92. The van der Waals surface area contributed by atoms with Crippen molar-refractivity contribution in [3.63, 3.8) is 0 Å². The van der Waals surface area contributed by atoms with Crippen molar-refractivity contribution < 1.29 is 0 Å². The molecule has 0 spiro atoms. The lowest BCUT2D eigenvalue weighted by Crippen LogP contribution is -2.37. The highest BCUT2D eigenvalue weighted by Crippen LogP contribution is 2.33. The zero-order valence-electron chi connectivity index (χ0n) is 28.4.